The van der Waals surface area contributed by atoms with Gasteiger partial charge < -0.3 is 4.90 Å². The van der Waals surface area contributed by atoms with Crippen LogP contribution in [0.2, 0.25) is 0 Å². The predicted molar refractivity (Wildman–Crippen MR) is 68.3 cm³/mol. The summed E-state index contributed by atoms with van der Waals surface area (Å²) in [5.41, 5.74) is 0. The highest BCUT2D eigenvalue weighted by Crippen LogP contribution is 2.22. The molecule has 1 atom stereocenters. The third-order valence-corrected chi connectivity index (χ3v) is 3.69. The second-order valence-electron chi connectivity index (χ2n) is 5.03. The van der Waals surface area contributed by atoms with Crippen molar-refractivity contribution in [3.8, 4) is 0 Å². The Bertz CT molecular complexity index is 144. The zero-order valence-corrected chi connectivity index (χ0v) is 10.8. The zero-order chi connectivity index (χ0) is 10.9. The Balaban J connectivity index is 2.22. The molecule has 0 aliphatic carbocycles. The summed E-state index contributed by atoms with van der Waals surface area (Å²) in [6.07, 6.45) is 12.8. The summed E-state index contributed by atoms with van der Waals surface area (Å²) in [6.45, 7) is 7.33. The number of piperidine rings is 1. The first-order valence-corrected chi connectivity index (χ1v) is 7.12. The van der Waals surface area contributed by atoms with Crippen LogP contribution in [-0.4, -0.2) is 24.0 Å². The summed E-state index contributed by atoms with van der Waals surface area (Å²) in [6, 6.07) is 0.928. The number of nitrogens with zero attached hydrogens (tertiary/aromatic N) is 1. The lowest BCUT2D eigenvalue weighted by molar-refractivity contribution is 0.136. The van der Waals surface area contributed by atoms with Crippen LogP contribution in [0, 0.1) is 0 Å². The van der Waals surface area contributed by atoms with Gasteiger partial charge in [-0.05, 0) is 38.8 Å². The van der Waals surface area contributed by atoms with Gasteiger partial charge in [-0.15, -0.1) is 0 Å². The summed E-state index contributed by atoms with van der Waals surface area (Å²) in [7, 11) is 0. The van der Waals surface area contributed by atoms with E-state index in [-0.39, 0.29) is 0 Å². The summed E-state index contributed by atoms with van der Waals surface area (Å²) < 4.78 is 0. The van der Waals surface area contributed by atoms with Crippen molar-refractivity contribution in [2.45, 2.75) is 77.7 Å². The van der Waals surface area contributed by atoms with Crippen LogP contribution in [-0.2, 0) is 0 Å². The largest absolute Gasteiger partial charge is 0.300 e. The number of rotatable bonds is 7. The molecule has 0 N–H and O–H groups in total. The lowest BCUT2D eigenvalue weighted by Crippen LogP contribution is -2.39. The third-order valence-electron chi connectivity index (χ3n) is 3.69. The van der Waals surface area contributed by atoms with Crippen LogP contribution >= 0.6 is 0 Å². The molecule has 0 spiro atoms. The molecule has 0 aromatic carbocycles. The van der Waals surface area contributed by atoms with Crippen molar-refractivity contribution in [2.75, 3.05) is 13.1 Å². The Morgan fingerprint density at radius 3 is 2.53 bits per heavy atom. The van der Waals surface area contributed by atoms with Crippen molar-refractivity contribution in [3.63, 3.8) is 0 Å². The molecule has 1 aliphatic rings. The molecule has 90 valence electrons. The van der Waals surface area contributed by atoms with Crippen molar-refractivity contribution in [2.24, 2.45) is 0 Å². The van der Waals surface area contributed by atoms with Gasteiger partial charge in [-0.1, -0.05) is 46.0 Å². The number of unbranched alkanes of at least 4 members (excludes halogenated alkanes) is 3. The van der Waals surface area contributed by atoms with Gasteiger partial charge >= 0.3 is 0 Å². The molecule has 1 fully saturated rings. The number of likely N-dealkylation sites (tertiary alicyclic amines) is 1. The lowest BCUT2D eigenvalue weighted by atomic mass is 9.96. The molecular weight excluding hydrogens is 182 g/mol. The molecular formula is C14H29N. The summed E-state index contributed by atoms with van der Waals surface area (Å²) >= 11 is 0. The van der Waals surface area contributed by atoms with E-state index in [1.165, 1.54) is 70.9 Å². The normalized spacial score (nSPS) is 23.2. The Labute approximate surface area is 96.2 Å². The Morgan fingerprint density at radius 1 is 1.00 bits per heavy atom. The van der Waals surface area contributed by atoms with Crippen LogP contribution in [0.5, 0.6) is 0 Å². The van der Waals surface area contributed by atoms with Gasteiger partial charge in [-0.3, -0.25) is 0 Å². The summed E-state index contributed by atoms with van der Waals surface area (Å²) in [5.74, 6) is 0. The van der Waals surface area contributed by atoms with E-state index < -0.39 is 0 Å². The van der Waals surface area contributed by atoms with Crippen LogP contribution in [0.1, 0.15) is 71.6 Å². The topological polar surface area (TPSA) is 3.24 Å². The highest BCUT2D eigenvalue weighted by Gasteiger charge is 2.20. The monoisotopic (exact) mass is 211 g/mol. The molecule has 0 amide bonds. The summed E-state index contributed by atoms with van der Waals surface area (Å²) in [5, 5.41) is 0. The van der Waals surface area contributed by atoms with Gasteiger partial charge in [0, 0.05) is 6.04 Å². The first-order chi connectivity index (χ1) is 7.38. The molecule has 1 aliphatic heterocycles. The fraction of sp³-hybridized carbons (Fsp3) is 1.00. The van der Waals surface area contributed by atoms with E-state index in [0.29, 0.717) is 0 Å². The molecule has 1 heteroatoms. The maximum Gasteiger partial charge on any atom is 0.00952 e. The Morgan fingerprint density at radius 2 is 1.80 bits per heavy atom. The molecule has 0 radical (unpaired) electrons. The van der Waals surface area contributed by atoms with E-state index in [2.05, 4.69) is 18.7 Å². The van der Waals surface area contributed by atoms with E-state index in [0.717, 1.165) is 6.04 Å². The quantitative estimate of drug-likeness (QED) is 0.570. The lowest BCUT2D eigenvalue weighted by Gasteiger charge is -2.35. The molecule has 1 saturated heterocycles. The van der Waals surface area contributed by atoms with E-state index in [1.54, 1.807) is 0 Å². The van der Waals surface area contributed by atoms with Crippen LogP contribution in [0.15, 0.2) is 0 Å². The van der Waals surface area contributed by atoms with Crippen LogP contribution < -0.4 is 0 Å². The molecule has 1 nitrogen and oxygen atoms in total. The molecule has 0 aromatic heterocycles. The summed E-state index contributed by atoms with van der Waals surface area (Å²) in [4.78, 5) is 2.77. The molecule has 1 unspecified atom stereocenters. The average molecular weight is 211 g/mol. The van der Waals surface area contributed by atoms with Crippen LogP contribution in [0.4, 0.5) is 0 Å². The maximum absolute atomic E-state index is 2.77. The fourth-order valence-corrected chi connectivity index (χ4v) is 2.67. The number of hydrogen-bond donors (Lipinski definition) is 0. The minimum Gasteiger partial charge on any atom is -0.300 e. The van der Waals surface area contributed by atoms with Gasteiger partial charge in [0.15, 0.2) is 0 Å². The SMILES string of the molecule is CCCCCC1CCCCN1CCCC. The van der Waals surface area contributed by atoms with Crippen molar-refractivity contribution in [3.05, 3.63) is 0 Å². The second kappa shape index (κ2) is 8.15. The molecule has 0 saturated carbocycles. The van der Waals surface area contributed by atoms with Gasteiger partial charge in [0.25, 0.3) is 0 Å². The molecule has 1 rings (SSSR count). The van der Waals surface area contributed by atoms with E-state index in [9.17, 15) is 0 Å². The average Bonchev–Trinajstić information content (AvgIpc) is 2.28. The molecule has 1 heterocycles. The van der Waals surface area contributed by atoms with Crippen molar-refractivity contribution < 1.29 is 0 Å². The number of hydrogen-bond acceptors (Lipinski definition) is 1. The highest BCUT2D eigenvalue weighted by atomic mass is 15.2. The van der Waals surface area contributed by atoms with Gasteiger partial charge in [0.2, 0.25) is 0 Å². The van der Waals surface area contributed by atoms with Crippen LogP contribution in [0.25, 0.3) is 0 Å². The standard InChI is InChI=1S/C14H29N/c1-3-5-7-10-14-11-8-9-13-15(14)12-6-4-2/h14H,3-13H2,1-2H3. The first-order valence-electron chi connectivity index (χ1n) is 7.12. The van der Waals surface area contributed by atoms with Gasteiger partial charge in [-0.2, -0.15) is 0 Å². The molecule has 0 aromatic rings. The second-order valence-corrected chi connectivity index (χ2v) is 5.03. The van der Waals surface area contributed by atoms with Gasteiger partial charge in [-0.25, -0.2) is 0 Å². The van der Waals surface area contributed by atoms with Crippen molar-refractivity contribution in [1.29, 1.82) is 0 Å². The zero-order valence-electron chi connectivity index (χ0n) is 10.8. The smallest absolute Gasteiger partial charge is 0.00952 e. The Hall–Kier alpha value is -0.0400. The van der Waals surface area contributed by atoms with E-state index >= 15 is 0 Å². The fourth-order valence-electron chi connectivity index (χ4n) is 2.67. The Kier molecular flexibility index (Phi) is 7.08. The maximum atomic E-state index is 2.77. The van der Waals surface area contributed by atoms with Gasteiger partial charge in [0.05, 0.1) is 0 Å². The minimum atomic E-state index is 0.928. The van der Waals surface area contributed by atoms with E-state index in [4.69, 9.17) is 0 Å². The van der Waals surface area contributed by atoms with Crippen molar-refractivity contribution in [1.82, 2.24) is 4.90 Å². The van der Waals surface area contributed by atoms with Crippen LogP contribution in [0.3, 0.4) is 0 Å². The van der Waals surface area contributed by atoms with Crippen molar-refractivity contribution >= 4 is 0 Å². The minimum absolute atomic E-state index is 0.928. The molecule has 0 bridgehead atoms. The van der Waals surface area contributed by atoms with E-state index in [1.807, 2.05) is 0 Å². The highest BCUT2D eigenvalue weighted by molar-refractivity contribution is 4.76. The first kappa shape index (κ1) is 13.0. The predicted octanol–water partition coefficient (Wildman–Crippen LogP) is 4.22. The van der Waals surface area contributed by atoms with Gasteiger partial charge in [0.1, 0.15) is 0 Å². The molecule has 15 heavy (non-hydrogen) atoms. The third kappa shape index (κ3) is 5.01.